The van der Waals surface area contributed by atoms with Crippen LogP contribution < -0.4 is 10.5 Å². The summed E-state index contributed by atoms with van der Waals surface area (Å²) in [4.78, 5) is 17.6. The quantitative estimate of drug-likeness (QED) is 0.784. The van der Waals surface area contributed by atoms with Gasteiger partial charge in [-0.3, -0.25) is 4.79 Å². The Labute approximate surface area is 172 Å². The summed E-state index contributed by atoms with van der Waals surface area (Å²) in [6, 6.07) is 7.30. The predicted molar refractivity (Wildman–Crippen MR) is 112 cm³/mol. The van der Waals surface area contributed by atoms with Crippen molar-refractivity contribution in [1.29, 1.82) is 5.26 Å². The topological polar surface area (TPSA) is 95.1 Å². The summed E-state index contributed by atoms with van der Waals surface area (Å²) >= 11 is 0. The van der Waals surface area contributed by atoms with Crippen LogP contribution in [0.3, 0.4) is 0 Å². The molecule has 6 heteroatoms. The highest BCUT2D eigenvalue weighted by molar-refractivity contribution is 5.87. The number of nitrogens with two attached hydrogens (primary N) is 1. The Hall–Kier alpha value is -2.52. The van der Waals surface area contributed by atoms with Crippen LogP contribution in [0, 0.1) is 17.2 Å². The van der Waals surface area contributed by atoms with Crippen molar-refractivity contribution in [1.82, 2.24) is 9.88 Å². The second-order valence-corrected chi connectivity index (χ2v) is 8.47. The molecule has 1 aliphatic carbocycles. The zero-order valence-electron chi connectivity index (χ0n) is 16.9. The zero-order valence-corrected chi connectivity index (χ0v) is 16.9. The molecule has 2 fully saturated rings. The number of H-pyrrole nitrogens is 1. The van der Waals surface area contributed by atoms with E-state index in [2.05, 4.69) is 17.1 Å². The molecule has 1 aromatic heterocycles. The van der Waals surface area contributed by atoms with E-state index < -0.39 is 6.04 Å². The molecule has 1 aliphatic heterocycles. The highest BCUT2D eigenvalue weighted by atomic mass is 16.5. The Morgan fingerprint density at radius 3 is 2.90 bits per heavy atom. The van der Waals surface area contributed by atoms with E-state index in [4.69, 9.17) is 10.5 Å². The van der Waals surface area contributed by atoms with Gasteiger partial charge in [0.25, 0.3) is 0 Å². The predicted octanol–water partition coefficient (Wildman–Crippen LogP) is 3.51. The summed E-state index contributed by atoms with van der Waals surface area (Å²) in [5.41, 5.74) is 8.27. The number of aromatic amines is 1. The van der Waals surface area contributed by atoms with Gasteiger partial charge in [-0.05, 0) is 61.8 Å². The molecule has 0 radical (unpaired) electrons. The van der Waals surface area contributed by atoms with Crippen molar-refractivity contribution in [2.24, 2.45) is 11.7 Å². The number of hydrogen-bond acceptors (Lipinski definition) is 4. The highest BCUT2D eigenvalue weighted by Crippen LogP contribution is 2.28. The van der Waals surface area contributed by atoms with E-state index in [-0.39, 0.29) is 11.9 Å². The summed E-state index contributed by atoms with van der Waals surface area (Å²) in [6.07, 6.45) is 10.5. The molecule has 29 heavy (non-hydrogen) atoms. The van der Waals surface area contributed by atoms with Crippen LogP contribution in [-0.2, 0) is 11.2 Å². The molecule has 3 N–H and O–H groups in total. The molecular weight excluding hydrogens is 364 g/mol. The van der Waals surface area contributed by atoms with Gasteiger partial charge in [-0.2, -0.15) is 5.26 Å². The lowest BCUT2D eigenvalue weighted by molar-refractivity contribution is -0.132. The molecular formula is C23H30N4O2. The smallest absolute Gasteiger partial charge is 0.240 e. The van der Waals surface area contributed by atoms with Crippen molar-refractivity contribution < 1.29 is 9.53 Å². The maximum atomic E-state index is 12.7. The summed E-state index contributed by atoms with van der Waals surface area (Å²) in [5, 5.41) is 10.3. The Bertz CT molecular complexity index is 894. The SMILES string of the molecule is N#C[C@@H]1CCCN1C(=O)C(N)Cc1c[nH]c2ccc(OCC3CCCCC3)cc12. The highest BCUT2D eigenvalue weighted by Gasteiger charge is 2.31. The van der Waals surface area contributed by atoms with Crippen LogP contribution in [0.25, 0.3) is 10.9 Å². The molecule has 2 atom stereocenters. The van der Waals surface area contributed by atoms with Crippen LogP contribution >= 0.6 is 0 Å². The standard InChI is InChI=1S/C23H30N4O2/c24-13-18-7-4-10-27(18)23(28)21(25)11-17-14-26-22-9-8-19(12-20(17)22)29-15-16-5-2-1-3-6-16/h8-9,12,14,16,18,21,26H,1-7,10-11,15,25H2/t18-,21?/m0/s1. The van der Waals surface area contributed by atoms with Crippen molar-refractivity contribution in [2.75, 3.05) is 13.2 Å². The normalized spacial score (nSPS) is 21.2. The van der Waals surface area contributed by atoms with Crippen molar-refractivity contribution in [3.63, 3.8) is 0 Å². The number of ether oxygens (including phenoxy) is 1. The Morgan fingerprint density at radius 1 is 1.28 bits per heavy atom. The average Bonchev–Trinajstić information content (AvgIpc) is 3.39. The van der Waals surface area contributed by atoms with Crippen LogP contribution in [0.4, 0.5) is 0 Å². The molecule has 1 amide bonds. The van der Waals surface area contributed by atoms with E-state index in [0.717, 1.165) is 41.7 Å². The third-order valence-corrected chi connectivity index (χ3v) is 6.39. The van der Waals surface area contributed by atoms with Gasteiger partial charge < -0.3 is 20.4 Å². The number of benzene rings is 1. The lowest BCUT2D eigenvalue weighted by Gasteiger charge is -2.23. The third-order valence-electron chi connectivity index (χ3n) is 6.39. The van der Waals surface area contributed by atoms with Crippen molar-refractivity contribution >= 4 is 16.8 Å². The maximum Gasteiger partial charge on any atom is 0.240 e. The van der Waals surface area contributed by atoms with Crippen molar-refractivity contribution in [3.8, 4) is 11.8 Å². The number of nitrogens with zero attached hydrogens (tertiary/aromatic N) is 2. The first-order chi connectivity index (χ1) is 14.2. The Morgan fingerprint density at radius 2 is 2.10 bits per heavy atom. The van der Waals surface area contributed by atoms with Gasteiger partial charge in [0.15, 0.2) is 0 Å². The number of carbonyl (C=O) groups excluding carboxylic acids is 1. The second kappa shape index (κ2) is 8.87. The number of likely N-dealkylation sites (tertiary alicyclic amines) is 1. The fraction of sp³-hybridized carbons (Fsp3) is 0.565. The van der Waals surface area contributed by atoms with Crippen LogP contribution in [0.5, 0.6) is 5.75 Å². The minimum atomic E-state index is -0.644. The minimum Gasteiger partial charge on any atom is -0.493 e. The summed E-state index contributed by atoms with van der Waals surface area (Å²) in [7, 11) is 0. The van der Waals surface area contributed by atoms with Crippen LogP contribution in [0.15, 0.2) is 24.4 Å². The number of nitriles is 1. The number of amides is 1. The molecule has 2 heterocycles. The van der Waals surface area contributed by atoms with E-state index >= 15 is 0 Å². The lowest BCUT2D eigenvalue weighted by Crippen LogP contribution is -2.46. The zero-order chi connectivity index (χ0) is 20.2. The van der Waals surface area contributed by atoms with Gasteiger partial charge in [0.2, 0.25) is 5.91 Å². The lowest BCUT2D eigenvalue weighted by atomic mass is 9.90. The van der Waals surface area contributed by atoms with Gasteiger partial charge in [0.1, 0.15) is 11.8 Å². The first kappa shape index (κ1) is 19.8. The third kappa shape index (κ3) is 4.40. The fourth-order valence-electron chi connectivity index (χ4n) is 4.69. The van der Waals surface area contributed by atoms with Crippen LogP contribution in [-0.4, -0.2) is 41.0 Å². The van der Waals surface area contributed by atoms with E-state index in [9.17, 15) is 10.1 Å². The molecule has 0 bridgehead atoms. The largest absolute Gasteiger partial charge is 0.493 e. The van der Waals surface area contributed by atoms with Gasteiger partial charge in [-0.25, -0.2) is 0 Å². The van der Waals surface area contributed by atoms with Crippen molar-refractivity contribution in [2.45, 2.75) is 63.5 Å². The van der Waals surface area contributed by atoms with Gasteiger partial charge in [-0.15, -0.1) is 0 Å². The summed E-state index contributed by atoms with van der Waals surface area (Å²) in [5.74, 6) is 1.39. The first-order valence-corrected chi connectivity index (χ1v) is 10.8. The minimum absolute atomic E-state index is 0.131. The molecule has 4 rings (SSSR count). The number of carbonyl (C=O) groups is 1. The van der Waals surface area contributed by atoms with Gasteiger partial charge in [0, 0.05) is 23.6 Å². The fourth-order valence-corrected chi connectivity index (χ4v) is 4.69. The van der Waals surface area contributed by atoms with Gasteiger partial charge in [0.05, 0.1) is 18.7 Å². The molecule has 1 aromatic carbocycles. The molecule has 2 aliphatic rings. The maximum absolute atomic E-state index is 12.7. The number of aromatic nitrogens is 1. The van der Waals surface area contributed by atoms with Gasteiger partial charge in [-0.1, -0.05) is 19.3 Å². The van der Waals surface area contributed by atoms with E-state index in [1.165, 1.54) is 32.1 Å². The van der Waals surface area contributed by atoms with Gasteiger partial charge >= 0.3 is 0 Å². The first-order valence-electron chi connectivity index (χ1n) is 10.8. The van der Waals surface area contributed by atoms with E-state index in [1.54, 1.807) is 4.90 Å². The number of fused-ring (bicyclic) bond motifs is 1. The number of hydrogen-bond donors (Lipinski definition) is 2. The summed E-state index contributed by atoms with van der Waals surface area (Å²) in [6.45, 7) is 1.39. The second-order valence-electron chi connectivity index (χ2n) is 8.47. The molecule has 1 saturated carbocycles. The molecule has 6 nitrogen and oxygen atoms in total. The summed E-state index contributed by atoms with van der Waals surface area (Å²) < 4.78 is 6.08. The van der Waals surface area contributed by atoms with Crippen molar-refractivity contribution in [3.05, 3.63) is 30.0 Å². The van der Waals surface area contributed by atoms with Crippen LogP contribution in [0.2, 0.25) is 0 Å². The number of rotatable bonds is 6. The van der Waals surface area contributed by atoms with E-state index in [0.29, 0.717) is 18.9 Å². The Balaban J connectivity index is 1.43. The molecule has 2 aromatic rings. The number of nitrogens with one attached hydrogen (secondary N) is 1. The molecule has 1 unspecified atom stereocenters. The molecule has 154 valence electrons. The van der Waals surface area contributed by atoms with Crippen LogP contribution in [0.1, 0.15) is 50.5 Å². The Kier molecular flexibility index (Phi) is 6.05. The monoisotopic (exact) mass is 394 g/mol. The van der Waals surface area contributed by atoms with E-state index in [1.807, 2.05) is 18.3 Å². The molecule has 0 spiro atoms. The average molecular weight is 395 g/mol. The molecule has 1 saturated heterocycles.